The van der Waals surface area contributed by atoms with Crippen LogP contribution in [0.4, 0.5) is 4.39 Å². The van der Waals surface area contributed by atoms with Gasteiger partial charge in [-0.15, -0.1) is 0 Å². The first kappa shape index (κ1) is 10.9. The Labute approximate surface area is 79.8 Å². The summed E-state index contributed by atoms with van der Waals surface area (Å²) >= 11 is 0. The number of ether oxygens (including phenoxy) is 1. The smallest absolute Gasteiger partial charge is 0.0906 e. The summed E-state index contributed by atoms with van der Waals surface area (Å²) in [5.74, 6) is 0. The standard InChI is InChI=1S/C10H20FNO/c1-10(2)8(7-9(10)13-3)12-6-4-5-11/h8-9,12H,4-7H2,1-3H3. The Balaban J connectivity index is 2.23. The second kappa shape index (κ2) is 4.38. The van der Waals surface area contributed by atoms with E-state index in [2.05, 4.69) is 19.2 Å². The highest BCUT2D eigenvalue weighted by Crippen LogP contribution is 2.42. The van der Waals surface area contributed by atoms with E-state index in [9.17, 15) is 4.39 Å². The third kappa shape index (κ3) is 2.20. The van der Waals surface area contributed by atoms with Gasteiger partial charge in [-0.05, 0) is 19.4 Å². The molecule has 13 heavy (non-hydrogen) atoms. The Morgan fingerprint density at radius 1 is 1.54 bits per heavy atom. The lowest BCUT2D eigenvalue weighted by Gasteiger charge is -2.51. The number of hydrogen-bond donors (Lipinski definition) is 1. The number of halogens is 1. The van der Waals surface area contributed by atoms with Crippen LogP contribution in [0.2, 0.25) is 0 Å². The second-order valence-electron chi connectivity index (χ2n) is 4.33. The van der Waals surface area contributed by atoms with Crippen molar-refractivity contribution in [2.24, 2.45) is 5.41 Å². The van der Waals surface area contributed by atoms with Gasteiger partial charge in [0.15, 0.2) is 0 Å². The van der Waals surface area contributed by atoms with E-state index in [0.29, 0.717) is 18.6 Å². The van der Waals surface area contributed by atoms with E-state index >= 15 is 0 Å². The van der Waals surface area contributed by atoms with Crippen molar-refractivity contribution in [1.29, 1.82) is 0 Å². The predicted molar refractivity (Wildman–Crippen MR) is 51.6 cm³/mol. The van der Waals surface area contributed by atoms with Crippen molar-refractivity contribution in [3.63, 3.8) is 0 Å². The SMILES string of the molecule is COC1CC(NCCCF)C1(C)C. The minimum atomic E-state index is -0.228. The van der Waals surface area contributed by atoms with Crippen molar-refractivity contribution >= 4 is 0 Å². The molecule has 0 heterocycles. The van der Waals surface area contributed by atoms with Crippen LogP contribution in [-0.4, -0.2) is 32.5 Å². The van der Waals surface area contributed by atoms with Crippen LogP contribution in [0.25, 0.3) is 0 Å². The Morgan fingerprint density at radius 3 is 2.69 bits per heavy atom. The summed E-state index contributed by atoms with van der Waals surface area (Å²) < 4.78 is 17.2. The minimum Gasteiger partial charge on any atom is -0.381 e. The van der Waals surface area contributed by atoms with Crippen molar-refractivity contribution in [3.8, 4) is 0 Å². The second-order valence-corrected chi connectivity index (χ2v) is 4.33. The Bertz CT molecular complexity index is 161. The lowest BCUT2D eigenvalue weighted by atomic mass is 9.64. The van der Waals surface area contributed by atoms with Gasteiger partial charge in [0.05, 0.1) is 12.8 Å². The zero-order chi connectivity index (χ0) is 9.90. The fourth-order valence-electron chi connectivity index (χ4n) is 1.97. The van der Waals surface area contributed by atoms with Gasteiger partial charge in [-0.1, -0.05) is 13.8 Å². The van der Waals surface area contributed by atoms with Gasteiger partial charge in [0.2, 0.25) is 0 Å². The van der Waals surface area contributed by atoms with E-state index < -0.39 is 0 Å². The lowest BCUT2D eigenvalue weighted by Crippen LogP contribution is -2.60. The maximum atomic E-state index is 11.8. The highest BCUT2D eigenvalue weighted by Gasteiger charge is 2.47. The minimum absolute atomic E-state index is 0.199. The molecule has 0 amide bonds. The molecule has 0 aromatic carbocycles. The maximum Gasteiger partial charge on any atom is 0.0906 e. The maximum absolute atomic E-state index is 11.8. The molecule has 1 fully saturated rings. The highest BCUT2D eigenvalue weighted by atomic mass is 19.1. The van der Waals surface area contributed by atoms with Crippen LogP contribution >= 0.6 is 0 Å². The summed E-state index contributed by atoms with van der Waals surface area (Å²) in [6.45, 7) is 4.93. The van der Waals surface area contributed by atoms with E-state index in [0.717, 1.165) is 13.0 Å². The molecule has 0 aromatic rings. The predicted octanol–water partition coefficient (Wildman–Crippen LogP) is 1.75. The van der Waals surface area contributed by atoms with Crippen molar-refractivity contribution in [1.82, 2.24) is 5.32 Å². The lowest BCUT2D eigenvalue weighted by molar-refractivity contribution is -0.0973. The molecule has 0 radical (unpaired) electrons. The zero-order valence-electron chi connectivity index (χ0n) is 8.77. The molecular formula is C10H20FNO. The van der Waals surface area contributed by atoms with E-state index in [4.69, 9.17) is 4.74 Å². The fourth-order valence-corrected chi connectivity index (χ4v) is 1.97. The molecule has 0 bridgehead atoms. The summed E-state index contributed by atoms with van der Waals surface area (Å²) in [5.41, 5.74) is 0.199. The highest BCUT2D eigenvalue weighted by molar-refractivity contribution is 5.02. The summed E-state index contributed by atoms with van der Waals surface area (Å²) in [4.78, 5) is 0. The van der Waals surface area contributed by atoms with Gasteiger partial charge < -0.3 is 10.1 Å². The first-order chi connectivity index (χ1) is 6.12. The van der Waals surface area contributed by atoms with E-state index in [-0.39, 0.29) is 12.1 Å². The van der Waals surface area contributed by atoms with Crippen LogP contribution < -0.4 is 5.32 Å². The van der Waals surface area contributed by atoms with Gasteiger partial charge in [0.25, 0.3) is 0 Å². The average molecular weight is 189 g/mol. The molecule has 0 saturated heterocycles. The van der Waals surface area contributed by atoms with Crippen LogP contribution in [0.1, 0.15) is 26.7 Å². The Hall–Kier alpha value is -0.150. The number of alkyl halides is 1. The van der Waals surface area contributed by atoms with Crippen LogP contribution in [0.15, 0.2) is 0 Å². The number of methoxy groups -OCH3 is 1. The van der Waals surface area contributed by atoms with Crippen LogP contribution in [0.3, 0.4) is 0 Å². The zero-order valence-corrected chi connectivity index (χ0v) is 8.77. The van der Waals surface area contributed by atoms with Crippen LogP contribution in [-0.2, 0) is 4.74 Å². The van der Waals surface area contributed by atoms with Crippen molar-refractivity contribution in [3.05, 3.63) is 0 Å². The molecule has 78 valence electrons. The van der Waals surface area contributed by atoms with E-state index in [1.54, 1.807) is 7.11 Å². The molecule has 1 rings (SSSR count). The number of nitrogens with one attached hydrogen (secondary N) is 1. The van der Waals surface area contributed by atoms with E-state index in [1.165, 1.54) is 0 Å². The topological polar surface area (TPSA) is 21.3 Å². The van der Waals surface area contributed by atoms with Crippen molar-refractivity contribution in [2.75, 3.05) is 20.3 Å². The Kier molecular flexibility index (Phi) is 3.68. The van der Waals surface area contributed by atoms with Gasteiger partial charge in [-0.25, -0.2) is 0 Å². The molecule has 1 aliphatic rings. The molecule has 3 heteroatoms. The van der Waals surface area contributed by atoms with E-state index in [1.807, 2.05) is 0 Å². The monoisotopic (exact) mass is 189 g/mol. The summed E-state index contributed by atoms with van der Waals surface area (Å²) in [6.07, 6.45) is 2.02. The molecule has 2 nitrogen and oxygen atoms in total. The van der Waals surface area contributed by atoms with Gasteiger partial charge in [0.1, 0.15) is 0 Å². The third-order valence-electron chi connectivity index (χ3n) is 3.16. The summed E-state index contributed by atoms with van der Waals surface area (Å²) in [7, 11) is 1.75. The molecular weight excluding hydrogens is 169 g/mol. The molecule has 1 aliphatic carbocycles. The number of hydrogen-bond acceptors (Lipinski definition) is 2. The molecule has 2 unspecified atom stereocenters. The summed E-state index contributed by atoms with van der Waals surface area (Å²) in [5, 5.41) is 3.35. The van der Waals surface area contributed by atoms with Gasteiger partial charge in [-0.2, -0.15) is 0 Å². The molecule has 1 saturated carbocycles. The Morgan fingerprint density at radius 2 is 2.23 bits per heavy atom. The molecule has 0 spiro atoms. The number of rotatable bonds is 5. The molecule has 1 N–H and O–H groups in total. The van der Waals surface area contributed by atoms with Crippen molar-refractivity contribution < 1.29 is 9.13 Å². The normalized spacial score (nSPS) is 31.4. The van der Waals surface area contributed by atoms with Gasteiger partial charge in [-0.3, -0.25) is 4.39 Å². The van der Waals surface area contributed by atoms with Crippen LogP contribution in [0.5, 0.6) is 0 Å². The van der Waals surface area contributed by atoms with Gasteiger partial charge >= 0.3 is 0 Å². The first-order valence-corrected chi connectivity index (χ1v) is 4.95. The first-order valence-electron chi connectivity index (χ1n) is 4.95. The molecule has 0 aromatic heterocycles. The molecule has 2 atom stereocenters. The van der Waals surface area contributed by atoms with Crippen LogP contribution in [0, 0.1) is 5.41 Å². The molecule has 0 aliphatic heterocycles. The quantitative estimate of drug-likeness (QED) is 0.665. The van der Waals surface area contributed by atoms with Gasteiger partial charge in [0, 0.05) is 18.6 Å². The average Bonchev–Trinajstić information content (AvgIpc) is 2.10. The fraction of sp³-hybridized carbons (Fsp3) is 1.00. The third-order valence-corrected chi connectivity index (χ3v) is 3.16. The largest absolute Gasteiger partial charge is 0.381 e. The van der Waals surface area contributed by atoms with Crippen molar-refractivity contribution in [2.45, 2.75) is 38.8 Å². The summed E-state index contributed by atoms with van der Waals surface area (Å²) in [6, 6.07) is 0.490.